The van der Waals surface area contributed by atoms with E-state index in [4.69, 9.17) is 14.6 Å². The van der Waals surface area contributed by atoms with Crippen LogP contribution in [-0.4, -0.2) is 53.6 Å². The van der Waals surface area contributed by atoms with E-state index >= 15 is 0 Å². The number of carbonyl (C=O) groups is 1. The highest BCUT2D eigenvalue weighted by molar-refractivity contribution is 5.68. The van der Waals surface area contributed by atoms with E-state index < -0.39 is 5.60 Å². The van der Waals surface area contributed by atoms with E-state index in [2.05, 4.69) is 0 Å². The second-order valence-corrected chi connectivity index (χ2v) is 6.88. The fourth-order valence-electron chi connectivity index (χ4n) is 3.30. The molecule has 2 aliphatic rings. The van der Waals surface area contributed by atoms with E-state index in [-0.39, 0.29) is 18.3 Å². The van der Waals surface area contributed by atoms with Gasteiger partial charge >= 0.3 is 6.09 Å². The van der Waals surface area contributed by atoms with Crippen molar-refractivity contribution in [2.75, 3.05) is 26.3 Å². The van der Waals surface area contributed by atoms with Crippen LogP contribution in [0.2, 0.25) is 0 Å². The van der Waals surface area contributed by atoms with Crippen molar-refractivity contribution < 1.29 is 19.4 Å². The Labute approximate surface area is 121 Å². The van der Waals surface area contributed by atoms with Crippen molar-refractivity contribution >= 4 is 6.09 Å². The van der Waals surface area contributed by atoms with Crippen molar-refractivity contribution in [3.05, 3.63) is 0 Å². The standard InChI is InChI=1S/C15H27NO4/c1-14(2,3)20-13(18)16-8-6-15(7-9-16)12(4-10-17)5-11-19-15/h12,17H,4-11H2,1-3H3/t12-/m0/s1. The number of aliphatic hydroxyl groups excluding tert-OH is 1. The van der Waals surface area contributed by atoms with Crippen LogP contribution < -0.4 is 0 Å². The molecule has 2 fully saturated rings. The van der Waals surface area contributed by atoms with Crippen molar-refractivity contribution in [1.82, 2.24) is 4.90 Å². The zero-order valence-corrected chi connectivity index (χ0v) is 12.9. The van der Waals surface area contributed by atoms with E-state index in [1.807, 2.05) is 20.8 Å². The molecule has 0 aromatic carbocycles. The van der Waals surface area contributed by atoms with Crippen LogP contribution in [-0.2, 0) is 9.47 Å². The first-order valence-electron chi connectivity index (χ1n) is 7.59. The number of hydrogen-bond donors (Lipinski definition) is 1. The maximum absolute atomic E-state index is 12.0. The number of carbonyl (C=O) groups excluding carboxylic acids is 1. The summed E-state index contributed by atoms with van der Waals surface area (Å²) >= 11 is 0. The second-order valence-electron chi connectivity index (χ2n) is 6.88. The molecule has 1 amide bonds. The highest BCUT2D eigenvalue weighted by Gasteiger charge is 2.46. The molecule has 0 radical (unpaired) electrons. The van der Waals surface area contributed by atoms with E-state index in [9.17, 15) is 4.79 Å². The van der Waals surface area contributed by atoms with Crippen molar-refractivity contribution in [3.8, 4) is 0 Å². The van der Waals surface area contributed by atoms with Crippen molar-refractivity contribution in [3.63, 3.8) is 0 Å². The summed E-state index contributed by atoms with van der Waals surface area (Å²) in [6.07, 6.45) is 3.27. The average molecular weight is 285 g/mol. The molecule has 0 saturated carbocycles. The van der Waals surface area contributed by atoms with Crippen molar-refractivity contribution in [2.24, 2.45) is 5.92 Å². The molecule has 0 aromatic heterocycles. The lowest BCUT2D eigenvalue weighted by Gasteiger charge is -2.42. The first-order chi connectivity index (χ1) is 9.36. The first-order valence-corrected chi connectivity index (χ1v) is 7.59. The van der Waals surface area contributed by atoms with Gasteiger partial charge in [-0.05, 0) is 52.4 Å². The van der Waals surface area contributed by atoms with Crippen LogP contribution in [0.3, 0.4) is 0 Å². The zero-order valence-electron chi connectivity index (χ0n) is 12.9. The Balaban J connectivity index is 1.90. The minimum Gasteiger partial charge on any atom is -0.444 e. The molecule has 1 spiro atoms. The largest absolute Gasteiger partial charge is 0.444 e. The molecule has 0 unspecified atom stereocenters. The molecule has 20 heavy (non-hydrogen) atoms. The number of piperidine rings is 1. The maximum atomic E-state index is 12.0. The van der Waals surface area contributed by atoms with Crippen LogP contribution >= 0.6 is 0 Å². The van der Waals surface area contributed by atoms with Crippen molar-refractivity contribution in [2.45, 2.75) is 57.7 Å². The third kappa shape index (κ3) is 3.44. The minimum atomic E-state index is -0.449. The predicted octanol–water partition coefficient (Wildman–Crippen LogP) is 2.18. The summed E-state index contributed by atoms with van der Waals surface area (Å²) < 4.78 is 11.4. The third-order valence-electron chi connectivity index (χ3n) is 4.34. The van der Waals surface area contributed by atoms with Gasteiger partial charge in [0.15, 0.2) is 0 Å². The molecule has 116 valence electrons. The summed E-state index contributed by atoms with van der Waals surface area (Å²) in [4.78, 5) is 13.8. The monoisotopic (exact) mass is 285 g/mol. The van der Waals surface area contributed by atoms with Gasteiger partial charge in [0, 0.05) is 26.3 Å². The summed E-state index contributed by atoms with van der Waals surface area (Å²) in [5.74, 6) is 0.424. The molecule has 2 aliphatic heterocycles. The predicted molar refractivity (Wildman–Crippen MR) is 75.5 cm³/mol. The van der Waals surface area contributed by atoms with E-state index in [1.165, 1.54) is 0 Å². The van der Waals surface area contributed by atoms with E-state index in [0.717, 1.165) is 32.3 Å². The molecule has 1 atom stereocenters. The summed E-state index contributed by atoms with van der Waals surface area (Å²) in [5.41, 5.74) is -0.573. The van der Waals surface area contributed by atoms with Gasteiger partial charge in [-0.1, -0.05) is 0 Å². The smallest absolute Gasteiger partial charge is 0.410 e. The molecule has 2 heterocycles. The summed E-state index contributed by atoms with van der Waals surface area (Å²) in [6, 6.07) is 0. The number of hydrogen-bond acceptors (Lipinski definition) is 4. The molecular formula is C15H27NO4. The van der Waals surface area contributed by atoms with Gasteiger partial charge in [-0.15, -0.1) is 0 Å². The van der Waals surface area contributed by atoms with Crippen LogP contribution in [0.1, 0.15) is 46.5 Å². The Hall–Kier alpha value is -0.810. The Kier molecular flexibility index (Phi) is 4.59. The maximum Gasteiger partial charge on any atom is 0.410 e. The summed E-state index contributed by atoms with van der Waals surface area (Å²) in [5, 5.41) is 9.17. The number of nitrogens with zero attached hydrogens (tertiary/aromatic N) is 1. The van der Waals surface area contributed by atoms with Gasteiger partial charge in [-0.2, -0.15) is 0 Å². The van der Waals surface area contributed by atoms with Gasteiger partial charge in [-0.25, -0.2) is 4.79 Å². The van der Waals surface area contributed by atoms with E-state index in [1.54, 1.807) is 4.90 Å². The molecule has 5 nitrogen and oxygen atoms in total. The molecule has 1 N–H and O–H groups in total. The lowest BCUT2D eigenvalue weighted by molar-refractivity contribution is -0.0718. The van der Waals surface area contributed by atoms with Crippen LogP contribution in [0.4, 0.5) is 4.79 Å². The van der Waals surface area contributed by atoms with Crippen LogP contribution in [0, 0.1) is 5.92 Å². The highest BCUT2D eigenvalue weighted by Crippen LogP contribution is 2.42. The van der Waals surface area contributed by atoms with Gasteiger partial charge in [0.1, 0.15) is 5.60 Å². The lowest BCUT2D eigenvalue weighted by Crippen LogP contribution is -2.50. The molecule has 5 heteroatoms. The zero-order chi connectivity index (χ0) is 14.8. The van der Waals surface area contributed by atoms with Crippen LogP contribution in [0.5, 0.6) is 0 Å². The van der Waals surface area contributed by atoms with Gasteiger partial charge in [-0.3, -0.25) is 0 Å². The topological polar surface area (TPSA) is 59.0 Å². The van der Waals surface area contributed by atoms with Gasteiger partial charge in [0.05, 0.1) is 5.60 Å². The SMILES string of the molecule is CC(C)(C)OC(=O)N1CCC2(CC1)OCC[C@@H]2CCO. The van der Waals surface area contributed by atoms with Crippen LogP contribution in [0.15, 0.2) is 0 Å². The Morgan fingerprint density at radius 1 is 1.40 bits per heavy atom. The third-order valence-corrected chi connectivity index (χ3v) is 4.34. The van der Waals surface area contributed by atoms with Crippen molar-refractivity contribution in [1.29, 1.82) is 0 Å². The first kappa shape index (κ1) is 15.6. The number of likely N-dealkylation sites (tertiary alicyclic amines) is 1. The highest BCUT2D eigenvalue weighted by atomic mass is 16.6. The molecule has 0 bridgehead atoms. The van der Waals surface area contributed by atoms with Gasteiger partial charge in [0.25, 0.3) is 0 Å². The lowest BCUT2D eigenvalue weighted by atomic mass is 9.78. The van der Waals surface area contributed by atoms with Crippen LogP contribution in [0.25, 0.3) is 0 Å². The molecule has 0 aliphatic carbocycles. The summed E-state index contributed by atoms with van der Waals surface area (Å²) in [7, 11) is 0. The number of aliphatic hydroxyl groups is 1. The number of amides is 1. The number of rotatable bonds is 2. The molecule has 0 aromatic rings. The fourth-order valence-corrected chi connectivity index (χ4v) is 3.30. The van der Waals surface area contributed by atoms with Gasteiger partial charge in [0.2, 0.25) is 0 Å². The van der Waals surface area contributed by atoms with E-state index in [0.29, 0.717) is 19.0 Å². The Morgan fingerprint density at radius 3 is 2.60 bits per heavy atom. The summed E-state index contributed by atoms with van der Waals surface area (Å²) in [6.45, 7) is 7.99. The Morgan fingerprint density at radius 2 is 2.05 bits per heavy atom. The quantitative estimate of drug-likeness (QED) is 0.845. The fraction of sp³-hybridized carbons (Fsp3) is 0.933. The molecule has 2 saturated heterocycles. The molecule has 2 rings (SSSR count). The number of ether oxygens (including phenoxy) is 2. The van der Waals surface area contributed by atoms with Gasteiger partial charge < -0.3 is 19.5 Å². The average Bonchev–Trinajstić information content (AvgIpc) is 2.72. The minimum absolute atomic E-state index is 0.124. The second kappa shape index (κ2) is 5.90. The normalized spacial score (nSPS) is 26.0. The molecular weight excluding hydrogens is 258 g/mol. The Bertz CT molecular complexity index is 342.